The average molecular weight is 451 g/mol. The third kappa shape index (κ3) is 22.5. The summed E-state index contributed by atoms with van der Waals surface area (Å²) in [4.78, 5) is 5.02. The molecule has 0 atom stereocenters. The molecule has 0 aromatic carbocycles. The summed E-state index contributed by atoms with van der Waals surface area (Å²) in [7, 11) is -1.06. The Labute approximate surface area is 187 Å². The molecule has 0 bridgehead atoms. The van der Waals surface area contributed by atoms with Crippen molar-refractivity contribution in [1.82, 2.24) is 9.80 Å². The molecule has 30 heavy (non-hydrogen) atoms. The smallest absolute Gasteiger partial charge is 0.292 e. The van der Waals surface area contributed by atoms with E-state index >= 15 is 0 Å². The number of rotatable bonds is 18. The average Bonchev–Trinajstić information content (AvgIpc) is 3.12. The van der Waals surface area contributed by atoms with Gasteiger partial charge in [-0.2, -0.15) is 8.42 Å². The van der Waals surface area contributed by atoms with E-state index in [1.165, 1.54) is 129 Å². The van der Waals surface area contributed by atoms with Gasteiger partial charge < -0.3 is 0 Å². The van der Waals surface area contributed by atoms with Crippen molar-refractivity contribution in [3.05, 3.63) is 0 Å². The van der Waals surface area contributed by atoms with Gasteiger partial charge in [0.15, 0.2) is 0 Å². The zero-order valence-corrected chi connectivity index (χ0v) is 20.9. The zero-order chi connectivity index (χ0) is 22.5. The first-order chi connectivity index (χ1) is 14.4. The lowest BCUT2D eigenvalue weighted by Gasteiger charge is -2.14. The van der Waals surface area contributed by atoms with Crippen LogP contribution in [0.15, 0.2) is 0 Å². The predicted molar refractivity (Wildman–Crippen MR) is 127 cm³/mol. The van der Waals surface area contributed by atoms with E-state index < -0.39 is 10.4 Å². The first kappa shape index (κ1) is 29.8. The summed E-state index contributed by atoms with van der Waals surface area (Å²) in [6.07, 6.45) is 23.4. The second-order valence-electron chi connectivity index (χ2n) is 8.74. The van der Waals surface area contributed by atoms with Crippen LogP contribution in [-0.4, -0.2) is 63.2 Å². The SMILES string of the molecule is CCCCCCCCCCCCCCCCCCN1CCN(C)C1.COS(=O)(=O)O. The number of hydrogen-bond donors (Lipinski definition) is 1. The van der Waals surface area contributed by atoms with Gasteiger partial charge in [-0.05, 0) is 20.0 Å². The van der Waals surface area contributed by atoms with Gasteiger partial charge in [0.1, 0.15) is 0 Å². The third-order valence-electron chi connectivity index (χ3n) is 5.78. The van der Waals surface area contributed by atoms with Crippen molar-refractivity contribution >= 4 is 10.4 Å². The third-order valence-corrected chi connectivity index (χ3v) is 6.20. The Hall–Kier alpha value is -0.210. The predicted octanol–water partition coefficient (Wildman–Crippen LogP) is 5.89. The van der Waals surface area contributed by atoms with Gasteiger partial charge in [-0.25, -0.2) is 0 Å². The van der Waals surface area contributed by atoms with Crippen molar-refractivity contribution in [2.75, 3.05) is 40.5 Å². The molecule has 0 aromatic heterocycles. The van der Waals surface area contributed by atoms with Crippen LogP contribution in [0.2, 0.25) is 0 Å². The van der Waals surface area contributed by atoms with Crippen molar-refractivity contribution in [2.24, 2.45) is 0 Å². The highest BCUT2D eigenvalue weighted by Gasteiger charge is 2.14. The van der Waals surface area contributed by atoms with E-state index in [2.05, 4.69) is 28.0 Å². The lowest BCUT2D eigenvalue weighted by molar-refractivity contribution is 0.269. The van der Waals surface area contributed by atoms with Crippen LogP contribution in [0.25, 0.3) is 0 Å². The molecule has 1 aliphatic rings. The molecular formula is C23H50N2O4S. The van der Waals surface area contributed by atoms with Gasteiger partial charge in [0, 0.05) is 13.1 Å². The van der Waals surface area contributed by atoms with Crippen LogP contribution >= 0.6 is 0 Å². The van der Waals surface area contributed by atoms with E-state index in [4.69, 9.17) is 4.55 Å². The maximum Gasteiger partial charge on any atom is 0.397 e. The van der Waals surface area contributed by atoms with E-state index in [9.17, 15) is 8.42 Å². The normalized spacial score (nSPS) is 15.3. The zero-order valence-electron chi connectivity index (χ0n) is 20.1. The molecule has 0 aromatic rings. The summed E-state index contributed by atoms with van der Waals surface area (Å²) < 4.78 is 29.7. The monoisotopic (exact) mass is 450 g/mol. The van der Waals surface area contributed by atoms with E-state index in [1.54, 1.807) is 0 Å². The van der Waals surface area contributed by atoms with E-state index in [0.717, 1.165) is 7.11 Å². The number of nitrogens with zero attached hydrogens (tertiary/aromatic N) is 2. The van der Waals surface area contributed by atoms with Gasteiger partial charge >= 0.3 is 10.4 Å². The van der Waals surface area contributed by atoms with Gasteiger partial charge in [-0.1, -0.05) is 103 Å². The molecule has 0 amide bonds. The van der Waals surface area contributed by atoms with E-state index in [0.29, 0.717) is 0 Å². The van der Waals surface area contributed by atoms with Crippen LogP contribution < -0.4 is 0 Å². The number of hydrogen-bond acceptors (Lipinski definition) is 5. The fourth-order valence-corrected chi connectivity index (χ4v) is 3.86. The van der Waals surface area contributed by atoms with E-state index in [1.807, 2.05) is 0 Å². The lowest BCUT2D eigenvalue weighted by Crippen LogP contribution is -2.24. The minimum absolute atomic E-state index is 0.870. The highest BCUT2D eigenvalue weighted by molar-refractivity contribution is 7.80. The van der Waals surface area contributed by atoms with Crippen molar-refractivity contribution in [3.63, 3.8) is 0 Å². The van der Waals surface area contributed by atoms with Crippen molar-refractivity contribution < 1.29 is 17.2 Å². The van der Waals surface area contributed by atoms with Crippen LogP contribution in [0.1, 0.15) is 110 Å². The summed E-state index contributed by atoms with van der Waals surface area (Å²) in [6.45, 7) is 7.36. The minimum atomic E-state index is -4.16. The molecule has 1 N–H and O–H groups in total. The highest BCUT2D eigenvalue weighted by Crippen LogP contribution is 2.14. The molecule has 0 unspecified atom stereocenters. The standard InChI is InChI=1S/C22H46N2.CH4O4S/c1-3-4-5-6-7-8-9-10-11-12-13-14-15-16-17-18-19-24-21-20-23(2)22-24;1-5-6(2,3)4/h3-22H2,1-2H3;1H3,(H,2,3,4). The van der Waals surface area contributed by atoms with Crippen LogP contribution in [0, 0.1) is 0 Å². The molecule has 1 heterocycles. The summed E-state index contributed by atoms with van der Waals surface area (Å²) >= 11 is 0. The summed E-state index contributed by atoms with van der Waals surface area (Å²) in [5.41, 5.74) is 0. The molecule has 0 aliphatic carbocycles. The molecule has 1 fully saturated rings. The van der Waals surface area contributed by atoms with Gasteiger partial charge in [-0.15, -0.1) is 0 Å². The molecular weight excluding hydrogens is 400 g/mol. The molecule has 7 heteroatoms. The van der Waals surface area contributed by atoms with Gasteiger partial charge in [0.2, 0.25) is 0 Å². The molecule has 1 aliphatic heterocycles. The van der Waals surface area contributed by atoms with Crippen LogP contribution in [-0.2, 0) is 14.6 Å². The van der Waals surface area contributed by atoms with Gasteiger partial charge in [0.25, 0.3) is 0 Å². The molecule has 0 saturated carbocycles. The first-order valence-electron chi connectivity index (χ1n) is 12.3. The Bertz CT molecular complexity index is 460. The molecule has 182 valence electrons. The van der Waals surface area contributed by atoms with Crippen molar-refractivity contribution in [1.29, 1.82) is 0 Å². The summed E-state index contributed by atoms with van der Waals surface area (Å²) in [5, 5.41) is 0. The Morgan fingerprint density at radius 1 is 0.733 bits per heavy atom. The fourth-order valence-electron chi connectivity index (χ4n) is 3.86. The molecule has 0 radical (unpaired) electrons. The first-order valence-corrected chi connectivity index (χ1v) is 13.7. The Morgan fingerprint density at radius 3 is 1.40 bits per heavy atom. The van der Waals surface area contributed by atoms with Crippen molar-refractivity contribution in [2.45, 2.75) is 110 Å². The van der Waals surface area contributed by atoms with Crippen LogP contribution in [0.3, 0.4) is 0 Å². The summed E-state index contributed by atoms with van der Waals surface area (Å²) in [5.74, 6) is 0. The van der Waals surface area contributed by atoms with Crippen LogP contribution in [0.4, 0.5) is 0 Å². The lowest BCUT2D eigenvalue weighted by atomic mass is 10.0. The quantitative estimate of drug-likeness (QED) is 0.207. The van der Waals surface area contributed by atoms with Crippen molar-refractivity contribution in [3.8, 4) is 0 Å². The van der Waals surface area contributed by atoms with Gasteiger partial charge in [-0.3, -0.25) is 18.5 Å². The molecule has 1 rings (SSSR count). The maximum atomic E-state index is 9.33. The molecule has 6 nitrogen and oxygen atoms in total. The highest BCUT2D eigenvalue weighted by atomic mass is 32.3. The Kier molecular flexibility index (Phi) is 20.5. The second-order valence-corrected chi connectivity index (χ2v) is 9.93. The molecule has 0 spiro atoms. The second kappa shape index (κ2) is 20.7. The number of unbranched alkanes of at least 4 members (excludes halogenated alkanes) is 15. The van der Waals surface area contributed by atoms with Crippen LogP contribution in [0.5, 0.6) is 0 Å². The molecule has 1 saturated heterocycles. The summed E-state index contributed by atoms with van der Waals surface area (Å²) in [6, 6.07) is 0. The maximum absolute atomic E-state index is 9.33. The van der Waals surface area contributed by atoms with Gasteiger partial charge in [0.05, 0.1) is 13.8 Å². The Morgan fingerprint density at radius 2 is 1.10 bits per heavy atom. The van der Waals surface area contributed by atoms with E-state index in [-0.39, 0.29) is 0 Å². The Balaban J connectivity index is 0.00000122. The topological polar surface area (TPSA) is 70.1 Å². The number of likely N-dealkylation sites (N-methyl/N-ethyl adjacent to an activating group) is 1. The minimum Gasteiger partial charge on any atom is -0.292 e. The fraction of sp³-hybridized carbons (Fsp3) is 1.00. The largest absolute Gasteiger partial charge is 0.397 e.